The average molecular weight is 493 g/mol. The lowest BCUT2D eigenvalue weighted by Gasteiger charge is -2.22. The summed E-state index contributed by atoms with van der Waals surface area (Å²) in [5.74, 6) is -0.476. The smallest absolute Gasteiger partial charge is 0.266 e. The Morgan fingerprint density at radius 3 is 2.59 bits per heavy atom. The topological polar surface area (TPSA) is 58.6 Å². The van der Waals surface area contributed by atoms with Gasteiger partial charge in [-0.15, -0.1) is 0 Å². The Morgan fingerprint density at radius 2 is 1.85 bits per heavy atom. The molecule has 0 radical (unpaired) electrons. The van der Waals surface area contributed by atoms with Crippen molar-refractivity contribution in [3.63, 3.8) is 0 Å². The van der Waals surface area contributed by atoms with Crippen LogP contribution in [0.5, 0.6) is 5.75 Å². The highest BCUT2D eigenvalue weighted by Gasteiger charge is 2.38. The summed E-state index contributed by atoms with van der Waals surface area (Å²) in [5, 5.41) is 2.68. The second kappa shape index (κ2) is 10.6. The molecule has 1 saturated heterocycles. The van der Waals surface area contributed by atoms with Crippen molar-refractivity contribution in [3.8, 4) is 5.75 Å². The molecular weight excluding hydrogens is 471 g/mol. The van der Waals surface area contributed by atoms with Gasteiger partial charge in [0, 0.05) is 5.69 Å². The quantitative estimate of drug-likeness (QED) is 0.342. The highest BCUT2D eigenvalue weighted by Crippen LogP contribution is 2.34. The van der Waals surface area contributed by atoms with E-state index in [-0.39, 0.29) is 5.91 Å². The summed E-state index contributed by atoms with van der Waals surface area (Å²) in [6, 6.07) is 21.8. The number of hydrogen-bond acceptors (Lipinski definition) is 5. The Morgan fingerprint density at radius 1 is 1.12 bits per heavy atom. The lowest BCUT2D eigenvalue weighted by Crippen LogP contribution is -2.44. The number of thiocarbonyl (C=S) groups is 1. The summed E-state index contributed by atoms with van der Waals surface area (Å²) in [5.41, 5.74) is 2.28. The second-order valence-electron chi connectivity index (χ2n) is 7.57. The Balaban J connectivity index is 1.44. The van der Waals surface area contributed by atoms with Crippen molar-refractivity contribution < 1.29 is 18.7 Å². The maximum atomic E-state index is 13.1. The van der Waals surface area contributed by atoms with Gasteiger partial charge in [0.25, 0.3) is 5.91 Å². The van der Waals surface area contributed by atoms with Crippen LogP contribution in [-0.4, -0.2) is 27.1 Å². The molecule has 1 heterocycles. The van der Waals surface area contributed by atoms with E-state index >= 15 is 0 Å². The van der Waals surface area contributed by atoms with E-state index in [4.69, 9.17) is 17.0 Å². The molecule has 1 N–H and O–H groups in total. The number of ether oxygens (including phenoxy) is 1. The summed E-state index contributed by atoms with van der Waals surface area (Å²) in [7, 11) is 0. The number of carbonyl (C=O) groups is 2. The molecule has 1 aliphatic rings. The van der Waals surface area contributed by atoms with Crippen molar-refractivity contribution in [2.24, 2.45) is 0 Å². The van der Waals surface area contributed by atoms with E-state index in [9.17, 15) is 14.0 Å². The Labute approximate surface area is 206 Å². The van der Waals surface area contributed by atoms with Gasteiger partial charge in [-0.05, 0) is 60.5 Å². The third-order valence-corrected chi connectivity index (χ3v) is 6.44. The van der Waals surface area contributed by atoms with Gasteiger partial charge in [0.05, 0.1) is 4.91 Å². The second-order valence-corrected chi connectivity index (χ2v) is 9.25. The number of anilines is 1. The van der Waals surface area contributed by atoms with E-state index in [0.717, 1.165) is 22.9 Å². The molecule has 34 heavy (non-hydrogen) atoms. The van der Waals surface area contributed by atoms with Crippen LogP contribution in [0.4, 0.5) is 10.1 Å². The lowest BCUT2D eigenvalue weighted by atomic mass is 10.2. The summed E-state index contributed by atoms with van der Waals surface area (Å²) >= 11 is 6.53. The maximum absolute atomic E-state index is 13.1. The molecule has 1 fully saturated rings. The van der Waals surface area contributed by atoms with Gasteiger partial charge in [-0.25, -0.2) is 4.39 Å². The third-order valence-electron chi connectivity index (χ3n) is 5.11. The molecule has 4 rings (SSSR count). The monoisotopic (exact) mass is 492 g/mol. The molecule has 0 aromatic heterocycles. The van der Waals surface area contributed by atoms with Crippen molar-refractivity contribution >= 4 is 51.9 Å². The number of thioether (sulfide) groups is 1. The average Bonchev–Trinajstić information content (AvgIpc) is 3.12. The molecule has 0 aliphatic carbocycles. The SMILES string of the molecule is CC(C(=O)Nc1ccc(F)cc1)N1C(=O)/C(=C/c2cccc(OCc3ccccc3)c2)SC1=S. The summed E-state index contributed by atoms with van der Waals surface area (Å²) in [6.45, 7) is 2.04. The number of halogens is 1. The Bertz CT molecular complexity index is 1250. The van der Waals surface area contributed by atoms with Gasteiger partial charge >= 0.3 is 0 Å². The van der Waals surface area contributed by atoms with E-state index in [1.54, 1.807) is 13.0 Å². The van der Waals surface area contributed by atoms with Crippen molar-refractivity contribution in [1.82, 2.24) is 4.90 Å². The number of amides is 2. The predicted molar refractivity (Wildman–Crippen MR) is 137 cm³/mol. The molecule has 0 spiro atoms. The number of carbonyl (C=O) groups excluding carboxylic acids is 2. The van der Waals surface area contributed by atoms with E-state index in [1.807, 2.05) is 54.6 Å². The van der Waals surface area contributed by atoms with Gasteiger partial charge in [-0.1, -0.05) is 66.4 Å². The van der Waals surface area contributed by atoms with Crippen LogP contribution in [0.1, 0.15) is 18.1 Å². The molecule has 3 aromatic rings. The molecule has 1 atom stereocenters. The highest BCUT2D eigenvalue weighted by atomic mass is 32.2. The number of nitrogens with zero attached hydrogens (tertiary/aromatic N) is 1. The number of rotatable bonds is 7. The fourth-order valence-electron chi connectivity index (χ4n) is 3.30. The first-order valence-electron chi connectivity index (χ1n) is 10.5. The van der Waals surface area contributed by atoms with Crippen LogP contribution in [0.15, 0.2) is 83.8 Å². The number of hydrogen-bond donors (Lipinski definition) is 1. The lowest BCUT2D eigenvalue weighted by molar-refractivity contribution is -0.129. The molecule has 1 unspecified atom stereocenters. The van der Waals surface area contributed by atoms with Gasteiger partial charge in [0.2, 0.25) is 5.91 Å². The normalized spacial score (nSPS) is 15.5. The van der Waals surface area contributed by atoms with Crippen LogP contribution in [-0.2, 0) is 16.2 Å². The van der Waals surface area contributed by atoms with E-state index in [0.29, 0.717) is 27.3 Å². The standard InChI is InChI=1S/C26H21FN2O3S2/c1-17(24(30)28-21-12-10-20(27)11-13-21)29-25(31)23(34-26(29)33)15-19-8-5-9-22(14-19)32-16-18-6-3-2-4-7-18/h2-15,17H,16H2,1H3,(H,28,30)/b23-15-. The zero-order valence-electron chi connectivity index (χ0n) is 18.2. The molecule has 172 valence electrons. The first-order valence-corrected chi connectivity index (χ1v) is 11.7. The molecule has 8 heteroatoms. The minimum atomic E-state index is -0.830. The van der Waals surface area contributed by atoms with Crippen molar-refractivity contribution in [1.29, 1.82) is 0 Å². The minimum absolute atomic E-state index is 0.300. The fourth-order valence-corrected chi connectivity index (χ4v) is 4.72. The van der Waals surface area contributed by atoms with Crippen LogP contribution in [0, 0.1) is 5.82 Å². The summed E-state index contributed by atoms with van der Waals surface area (Å²) < 4.78 is 19.3. The first kappa shape index (κ1) is 23.7. The van der Waals surface area contributed by atoms with Crippen molar-refractivity contribution in [2.45, 2.75) is 19.6 Å². The largest absolute Gasteiger partial charge is 0.489 e. The van der Waals surface area contributed by atoms with Gasteiger partial charge in [-0.2, -0.15) is 0 Å². The zero-order valence-corrected chi connectivity index (χ0v) is 19.9. The molecule has 2 amide bonds. The maximum Gasteiger partial charge on any atom is 0.266 e. The van der Waals surface area contributed by atoms with Crippen LogP contribution < -0.4 is 10.1 Å². The van der Waals surface area contributed by atoms with Gasteiger partial charge in [0.15, 0.2) is 0 Å². The highest BCUT2D eigenvalue weighted by molar-refractivity contribution is 8.26. The zero-order chi connectivity index (χ0) is 24.1. The van der Waals surface area contributed by atoms with Crippen LogP contribution in [0.3, 0.4) is 0 Å². The Kier molecular flexibility index (Phi) is 7.40. The van der Waals surface area contributed by atoms with Gasteiger partial charge in [0.1, 0.15) is 28.5 Å². The molecule has 1 aliphatic heterocycles. The van der Waals surface area contributed by atoms with Crippen LogP contribution >= 0.6 is 24.0 Å². The van der Waals surface area contributed by atoms with Gasteiger partial charge in [-0.3, -0.25) is 14.5 Å². The molecular formula is C26H21FN2O3S2. The van der Waals surface area contributed by atoms with Gasteiger partial charge < -0.3 is 10.1 Å². The van der Waals surface area contributed by atoms with E-state index in [1.165, 1.54) is 29.2 Å². The molecule has 5 nitrogen and oxygen atoms in total. The van der Waals surface area contributed by atoms with Crippen LogP contribution in [0.2, 0.25) is 0 Å². The molecule has 0 saturated carbocycles. The van der Waals surface area contributed by atoms with Crippen LogP contribution in [0.25, 0.3) is 6.08 Å². The third kappa shape index (κ3) is 5.70. The molecule has 3 aromatic carbocycles. The number of nitrogens with one attached hydrogen (secondary N) is 1. The van der Waals surface area contributed by atoms with Crippen molar-refractivity contribution in [3.05, 3.63) is 101 Å². The predicted octanol–water partition coefficient (Wildman–Crippen LogP) is 5.63. The molecule has 0 bridgehead atoms. The Hall–Kier alpha value is -3.49. The summed E-state index contributed by atoms with van der Waals surface area (Å²) in [4.78, 5) is 27.4. The number of benzene rings is 3. The van der Waals surface area contributed by atoms with Crippen molar-refractivity contribution in [2.75, 3.05) is 5.32 Å². The van der Waals surface area contributed by atoms with E-state index in [2.05, 4.69) is 5.32 Å². The fraction of sp³-hybridized carbons (Fsp3) is 0.115. The minimum Gasteiger partial charge on any atom is -0.489 e. The summed E-state index contributed by atoms with van der Waals surface area (Å²) in [6.07, 6.45) is 1.74. The first-order chi connectivity index (χ1) is 16.4. The van der Waals surface area contributed by atoms with E-state index < -0.39 is 17.8 Å².